The molecule has 1 aliphatic rings. The predicted octanol–water partition coefficient (Wildman–Crippen LogP) is 2.17. The molecule has 2 heterocycles. The molecule has 0 spiro atoms. The van der Waals surface area contributed by atoms with E-state index in [4.69, 9.17) is 4.74 Å². The number of fused-ring (bicyclic) bond motifs is 1. The van der Waals surface area contributed by atoms with Crippen LogP contribution >= 0.6 is 0 Å². The molecule has 0 radical (unpaired) electrons. The van der Waals surface area contributed by atoms with Crippen LogP contribution in [0.5, 0.6) is 5.75 Å². The average molecular weight is 590 g/mol. The highest BCUT2D eigenvalue weighted by molar-refractivity contribution is 7.89. The highest BCUT2D eigenvalue weighted by atomic mass is 32.2. The zero-order valence-corrected chi connectivity index (χ0v) is 23.5. The third-order valence-corrected chi connectivity index (χ3v) is 8.34. The van der Waals surface area contributed by atoms with Crippen molar-refractivity contribution in [3.05, 3.63) is 36.3 Å². The van der Waals surface area contributed by atoms with Crippen LogP contribution in [0.4, 0.5) is 18.9 Å². The van der Waals surface area contributed by atoms with E-state index in [1.807, 2.05) is 0 Å². The van der Waals surface area contributed by atoms with E-state index in [9.17, 15) is 36.3 Å². The highest BCUT2D eigenvalue weighted by Gasteiger charge is 2.34. The summed E-state index contributed by atoms with van der Waals surface area (Å²) in [6.07, 6.45) is -4.67. The molecule has 40 heavy (non-hydrogen) atoms. The quantitative estimate of drug-likeness (QED) is 0.458. The fraction of sp³-hybridized carbons (Fsp3) is 0.560. The van der Waals surface area contributed by atoms with Crippen molar-refractivity contribution in [1.82, 2.24) is 18.8 Å². The van der Waals surface area contributed by atoms with Gasteiger partial charge in [-0.25, -0.2) is 13.4 Å². The molecule has 0 saturated carbocycles. The van der Waals surface area contributed by atoms with Crippen LogP contribution in [-0.4, -0.2) is 89.2 Å². The Hall–Kier alpha value is -3.17. The fourth-order valence-corrected chi connectivity index (χ4v) is 5.38. The number of aliphatic hydroxyl groups excluding tert-OH is 1. The maximum Gasteiger partial charge on any atom is 0.389 e. The molecule has 15 heteroatoms. The summed E-state index contributed by atoms with van der Waals surface area (Å²) >= 11 is 0. The summed E-state index contributed by atoms with van der Waals surface area (Å²) in [5.41, 5.74) is 0.533. The van der Waals surface area contributed by atoms with Crippen molar-refractivity contribution in [2.75, 3.05) is 32.1 Å². The van der Waals surface area contributed by atoms with Gasteiger partial charge < -0.3 is 24.6 Å². The van der Waals surface area contributed by atoms with E-state index in [2.05, 4.69) is 10.3 Å². The third-order valence-electron chi connectivity index (χ3n) is 6.63. The predicted molar refractivity (Wildman–Crippen MR) is 139 cm³/mol. The lowest BCUT2D eigenvalue weighted by Crippen LogP contribution is -2.48. The second-order valence-corrected chi connectivity index (χ2v) is 12.0. The highest BCUT2D eigenvalue weighted by Crippen LogP contribution is 2.30. The standard InChI is InChI=1S/C25H34F3N5O6S/c1-16-11-33(17(2)14-34)24(36)10-18-9-19(30-22(35)7-8-25(26,27)28)5-6-20(18)39-21(16)12-32(4)40(37,38)23-13-31(3)15-29-23/h5-6,9,13,15-17,21,34H,7-8,10-12,14H2,1-4H3,(H,30,35)/t16-,17-,21-/m1/s1. The number of carbonyl (C=O) groups excluding carboxylic acids is 2. The Morgan fingerprint density at radius 1 is 1.35 bits per heavy atom. The summed E-state index contributed by atoms with van der Waals surface area (Å²) in [6, 6.07) is 3.83. The molecule has 0 fully saturated rings. The number of benzene rings is 1. The minimum Gasteiger partial charge on any atom is -0.488 e. The number of likely N-dealkylation sites (N-methyl/N-ethyl adjacent to an activating group) is 1. The van der Waals surface area contributed by atoms with E-state index in [0.717, 1.165) is 4.31 Å². The van der Waals surface area contributed by atoms with Gasteiger partial charge in [0.15, 0.2) is 5.03 Å². The van der Waals surface area contributed by atoms with Gasteiger partial charge in [0.2, 0.25) is 11.8 Å². The van der Waals surface area contributed by atoms with E-state index in [0.29, 0.717) is 5.56 Å². The van der Waals surface area contributed by atoms with Gasteiger partial charge >= 0.3 is 6.18 Å². The molecule has 0 unspecified atom stereocenters. The number of halogens is 3. The molecular weight excluding hydrogens is 555 g/mol. The number of nitrogens with one attached hydrogen (secondary N) is 1. The lowest BCUT2D eigenvalue weighted by molar-refractivity contribution is -0.142. The van der Waals surface area contributed by atoms with E-state index < -0.39 is 47.1 Å². The van der Waals surface area contributed by atoms with E-state index in [1.54, 1.807) is 20.9 Å². The number of nitrogens with zero attached hydrogens (tertiary/aromatic N) is 4. The van der Waals surface area contributed by atoms with Crippen molar-refractivity contribution in [3.8, 4) is 5.75 Å². The van der Waals surface area contributed by atoms with Gasteiger partial charge in [0.05, 0.1) is 38.4 Å². The number of aliphatic hydroxyl groups is 1. The Labute approximate surface area is 231 Å². The Bertz CT molecular complexity index is 1320. The molecule has 1 aromatic heterocycles. The first-order valence-electron chi connectivity index (χ1n) is 12.6. The van der Waals surface area contributed by atoms with E-state index in [-0.39, 0.29) is 54.4 Å². The molecular formula is C25H34F3N5O6S. The van der Waals surface area contributed by atoms with E-state index in [1.165, 1.54) is 47.2 Å². The van der Waals surface area contributed by atoms with Crippen molar-refractivity contribution in [1.29, 1.82) is 0 Å². The summed E-state index contributed by atoms with van der Waals surface area (Å²) < 4.78 is 72.6. The van der Waals surface area contributed by atoms with Gasteiger partial charge in [-0.15, -0.1) is 0 Å². The van der Waals surface area contributed by atoms with Crippen LogP contribution in [0.3, 0.4) is 0 Å². The van der Waals surface area contributed by atoms with Crippen molar-refractivity contribution in [2.24, 2.45) is 13.0 Å². The molecule has 0 aliphatic carbocycles. The number of hydrogen-bond acceptors (Lipinski definition) is 7. The third kappa shape index (κ3) is 7.95. The molecule has 0 bridgehead atoms. The lowest BCUT2D eigenvalue weighted by Gasteiger charge is -2.33. The number of aromatic nitrogens is 2. The van der Waals surface area contributed by atoms with Gasteiger partial charge in [0, 0.05) is 50.4 Å². The van der Waals surface area contributed by atoms with Gasteiger partial charge in [-0.1, -0.05) is 6.92 Å². The van der Waals surface area contributed by atoms with Gasteiger partial charge in [-0.2, -0.15) is 17.5 Å². The van der Waals surface area contributed by atoms with Gasteiger partial charge in [-0.05, 0) is 25.1 Å². The van der Waals surface area contributed by atoms with Crippen LogP contribution < -0.4 is 10.1 Å². The molecule has 1 aromatic carbocycles. The molecule has 3 atom stereocenters. The van der Waals surface area contributed by atoms with Crippen LogP contribution in [0, 0.1) is 5.92 Å². The minimum absolute atomic E-state index is 0.0923. The minimum atomic E-state index is -4.47. The average Bonchev–Trinajstić information content (AvgIpc) is 3.33. The topological polar surface area (TPSA) is 134 Å². The van der Waals surface area contributed by atoms with Crippen molar-refractivity contribution < 1.29 is 41.0 Å². The number of ether oxygens (including phenoxy) is 1. The van der Waals surface area contributed by atoms with Gasteiger partial charge in [-0.3, -0.25) is 9.59 Å². The first-order valence-corrected chi connectivity index (χ1v) is 14.1. The maximum atomic E-state index is 13.3. The molecule has 3 rings (SSSR count). The first kappa shape index (κ1) is 31.4. The maximum absolute atomic E-state index is 13.3. The zero-order valence-electron chi connectivity index (χ0n) is 22.7. The lowest BCUT2D eigenvalue weighted by atomic mass is 10.0. The van der Waals surface area contributed by atoms with Crippen molar-refractivity contribution in [2.45, 2.75) is 56.5 Å². The number of aryl methyl sites for hydroxylation is 1. The van der Waals surface area contributed by atoms with Crippen LogP contribution in [0.2, 0.25) is 0 Å². The number of imidazole rings is 1. The number of carbonyl (C=O) groups is 2. The number of rotatable bonds is 9. The molecule has 2 N–H and O–H groups in total. The monoisotopic (exact) mass is 589 g/mol. The van der Waals surface area contributed by atoms with Crippen molar-refractivity contribution in [3.63, 3.8) is 0 Å². The summed E-state index contributed by atoms with van der Waals surface area (Å²) in [4.78, 5) is 30.8. The van der Waals surface area contributed by atoms with Crippen LogP contribution in [0.25, 0.3) is 0 Å². The second-order valence-electron chi connectivity index (χ2n) is 10.0. The Morgan fingerprint density at radius 2 is 2.05 bits per heavy atom. The first-order chi connectivity index (χ1) is 18.6. The molecule has 11 nitrogen and oxygen atoms in total. The number of hydrogen-bond donors (Lipinski definition) is 2. The fourth-order valence-electron chi connectivity index (χ4n) is 4.24. The van der Waals surface area contributed by atoms with E-state index >= 15 is 0 Å². The summed E-state index contributed by atoms with van der Waals surface area (Å²) in [7, 11) is -0.915. The molecule has 222 valence electrons. The SMILES string of the molecule is C[C@@H]1CN([C@H](C)CO)C(=O)Cc2cc(NC(=O)CCC(F)(F)F)ccc2O[C@@H]1CN(C)S(=O)(=O)c1cn(C)cn1. The number of sulfonamides is 1. The number of anilines is 1. The zero-order chi connectivity index (χ0) is 29.8. The molecule has 1 aliphatic heterocycles. The summed E-state index contributed by atoms with van der Waals surface area (Å²) in [5, 5.41) is 12.0. The summed E-state index contributed by atoms with van der Waals surface area (Å²) in [6.45, 7) is 3.24. The largest absolute Gasteiger partial charge is 0.488 e. The Kier molecular flexibility index (Phi) is 9.85. The molecule has 2 amide bonds. The molecule has 2 aromatic rings. The van der Waals surface area contributed by atoms with Crippen LogP contribution in [0.1, 0.15) is 32.3 Å². The van der Waals surface area contributed by atoms with Crippen molar-refractivity contribution >= 4 is 27.5 Å². The Balaban J connectivity index is 1.92. The second kappa shape index (κ2) is 12.6. The van der Waals surface area contributed by atoms with Crippen LogP contribution in [0.15, 0.2) is 35.7 Å². The summed E-state index contributed by atoms with van der Waals surface area (Å²) in [5.74, 6) is -1.29. The normalized spacial score (nSPS) is 19.3. The van der Waals surface area contributed by atoms with Crippen LogP contribution in [-0.2, 0) is 33.1 Å². The van der Waals surface area contributed by atoms with Gasteiger partial charge in [0.1, 0.15) is 11.9 Å². The molecule has 0 saturated heterocycles. The smallest absolute Gasteiger partial charge is 0.389 e. The number of amides is 2. The van der Waals surface area contributed by atoms with Gasteiger partial charge in [0.25, 0.3) is 10.0 Å². The Morgan fingerprint density at radius 3 is 2.65 bits per heavy atom. The number of alkyl halides is 3.